The van der Waals surface area contributed by atoms with Crippen LogP contribution >= 0.6 is 11.3 Å². The summed E-state index contributed by atoms with van der Waals surface area (Å²) in [6, 6.07) is 22.3. The number of para-hydroxylation sites is 1. The molecule has 0 radical (unpaired) electrons. The predicted octanol–water partition coefficient (Wildman–Crippen LogP) is 4.36. The molecule has 0 amide bonds. The topological polar surface area (TPSA) is 102 Å². The number of aliphatic hydroxyl groups is 1. The quantitative estimate of drug-likeness (QED) is 0.417. The lowest BCUT2D eigenvalue weighted by Crippen LogP contribution is -2.52. The van der Waals surface area contributed by atoms with E-state index in [0.717, 1.165) is 44.6 Å². The lowest BCUT2D eigenvalue weighted by atomic mass is 10.0. The van der Waals surface area contributed by atoms with E-state index in [1.165, 1.54) is 32.3 Å². The second kappa shape index (κ2) is 13.5. The minimum absolute atomic E-state index is 0.0775. The minimum Gasteiger partial charge on any atom is -0.481 e. The fraction of sp³-hybridized carbons (Fsp3) is 0.367. The van der Waals surface area contributed by atoms with Crippen LogP contribution in [0.15, 0.2) is 65.7 Å². The molecule has 3 heterocycles. The highest BCUT2D eigenvalue weighted by molar-refractivity contribution is 7.12. The van der Waals surface area contributed by atoms with Crippen LogP contribution in [0.3, 0.4) is 0 Å². The van der Waals surface area contributed by atoms with E-state index in [1.807, 2.05) is 11.3 Å². The highest BCUT2D eigenvalue weighted by Gasteiger charge is 2.27. The molecule has 5 rings (SSSR count). The van der Waals surface area contributed by atoms with Crippen LogP contribution in [-0.4, -0.2) is 65.0 Å². The molecule has 0 saturated carbocycles. The Morgan fingerprint density at radius 2 is 1.87 bits per heavy atom. The number of amidine groups is 1. The van der Waals surface area contributed by atoms with Crippen molar-refractivity contribution in [1.29, 1.82) is 0 Å². The van der Waals surface area contributed by atoms with Crippen LogP contribution in [0, 0.1) is 6.92 Å². The van der Waals surface area contributed by atoms with Gasteiger partial charge in [-0.25, -0.2) is 4.99 Å². The molecule has 3 N–H and O–H groups in total. The summed E-state index contributed by atoms with van der Waals surface area (Å²) in [5, 5.41) is 19.9. The molecule has 0 bridgehead atoms. The van der Waals surface area contributed by atoms with Gasteiger partial charge in [0.15, 0.2) is 5.78 Å². The van der Waals surface area contributed by atoms with Gasteiger partial charge in [-0.1, -0.05) is 48.5 Å². The Balaban J connectivity index is 0.000000323. The van der Waals surface area contributed by atoms with Crippen molar-refractivity contribution in [2.24, 2.45) is 4.99 Å². The zero-order chi connectivity index (χ0) is 26.9. The van der Waals surface area contributed by atoms with E-state index in [2.05, 4.69) is 77.8 Å². The predicted molar refractivity (Wildman–Crippen MR) is 152 cm³/mol. The number of aliphatic imine (C=N–C) groups is 1. The van der Waals surface area contributed by atoms with Gasteiger partial charge in [0.25, 0.3) is 0 Å². The number of rotatable bonds is 7. The van der Waals surface area contributed by atoms with Crippen LogP contribution in [0.2, 0.25) is 0 Å². The van der Waals surface area contributed by atoms with E-state index in [0.29, 0.717) is 6.04 Å². The van der Waals surface area contributed by atoms with E-state index < -0.39 is 18.4 Å². The van der Waals surface area contributed by atoms with Crippen molar-refractivity contribution in [2.45, 2.75) is 45.1 Å². The number of nitrogens with one attached hydrogen (secondary N) is 1. The van der Waals surface area contributed by atoms with E-state index in [9.17, 15) is 9.59 Å². The van der Waals surface area contributed by atoms with Crippen LogP contribution < -0.4 is 5.32 Å². The molecule has 2 aromatic carbocycles. The van der Waals surface area contributed by atoms with Gasteiger partial charge in [-0.15, -0.1) is 11.3 Å². The normalized spacial score (nSPS) is 16.3. The summed E-state index contributed by atoms with van der Waals surface area (Å²) in [6.07, 6.45) is 2.98. The van der Waals surface area contributed by atoms with Gasteiger partial charge < -0.3 is 20.4 Å². The summed E-state index contributed by atoms with van der Waals surface area (Å²) in [6.45, 7) is 4.69. The first-order valence-corrected chi connectivity index (χ1v) is 13.9. The summed E-state index contributed by atoms with van der Waals surface area (Å²) in [5.74, 6) is -0.283. The number of carboxylic acid groups (broad SMARTS) is 1. The molecule has 2 aliphatic rings. The van der Waals surface area contributed by atoms with Crippen LogP contribution in [0.5, 0.6) is 0 Å². The van der Waals surface area contributed by atoms with Crippen LogP contribution in [0.25, 0.3) is 0 Å². The Labute approximate surface area is 227 Å². The first-order chi connectivity index (χ1) is 18.4. The monoisotopic (exact) mass is 533 g/mol. The smallest absolute Gasteiger partial charge is 0.303 e. The van der Waals surface area contributed by atoms with Crippen molar-refractivity contribution in [2.75, 3.05) is 26.2 Å². The number of hydrogen-bond donors (Lipinski definition) is 3. The number of aliphatic carboxylic acids is 1. The average Bonchev–Trinajstić information content (AvgIpc) is 3.22. The summed E-state index contributed by atoms with van der Waals surface area (Å²) in [4.78, 5) is 30.5. The van der Waals surface area contributed by atoms with Gasteiger partial charge in [-0.05, 0) is 43.0 Å². The van der Waals surface area contributed by atoms with Gasteiger partial charge in [0.2, 0.25) is 0 Å². The standard InChI is InChI=1S/C25H27N3S.C5H8O4/c1-18-15-22-24(29-18)16-20-9-5-6-10-23(20)27-25(22)28-14-13-26-21(17-28)12-11-19-7-3-2-4-8-19;6-3-4(7)1-2-5(8)9/h2-10,15,21,26H,11-14,16-17H2,1H3;6H,1-3H2,(H,8,9)/t21-;/m0./s1. The van der Waals surface area contributed by atoms with E-state index in [1.54, 1.807) is 0 Å². The number of ketones is 1. The molecule has 1 saturated heterocycles. The molecule has 7 nitrogen and oxygen atoms in total. The number of aliphatic hydroxyl groups excluding tert-OH is 1. The third kappa shape index (κ3) is 7.60. The summed E-state index contributed by atoms with van der Waals surface area (Å²) in [5.41, 5.74) is 5.22. The molecule has 1 aromatic heterocycles. The van der Waals surface area contributed by atoms with Gasteiger partial charge in [-0.3, -0.25) is 9.59 Å². The number of aryl methyl sites for hydroxylation is 2. The molecule has 0 unspecified atom stereocenters. The average molecular weight is 534 g/mol. The summed E-state index contributed by atoms with van der Waals surface area (Å²) >= 11 is 1.92. The number of benzene rings is 2. The number of Topliss-reactive ketones (excluding diaryl/α,β-unsaturated/α-hetero) is 1. The second-order valence-electron chi connectivity index (χ2n) is 9.65. The Bertz CT molecular complexity index is 1270. The Morgan fingerprint density at radius 3 is 2.63 bits per heavy atom. The van der Waals surface area contributed by atoms with Crippen molar-refractivity contribution < 1.29 is 19.8 Å². The van der Waals surface area contributed by atoms with Gasteiger partial charge in [-0.2, -0.15) is 0 Å². The SMILES string of the molecule is Cc1cc2c(s1)Cc1ccccc1N=C2N1CCN[C@@H](CCc2ccccc2)C1.O=C(O)CCC(=O)CO. The Morgan fingerprint density at radius 1 is 1.11 bits per heavy atom. The van der Waals surface area contributed by atoms with E-state index >= 15 is 0 Å². The Kier molecular flexibility index (Phi) is 9.81. The van der Waals surface area contributed by atoms with Crippen molar-refractivity contribution in [3.05, 3.63) is 87.1 Å². The number of piperazine rings is 1. The molecule has 38 heavy (non-hydrogen) atoms. The molecular weight excluding hydrogens is 498 g/mol. The van der Waals surface area contributed by atoms with Crippen molar-refractivity contribution in [3.8, 4) is 0 Å². The lowest BCUT2D eigenvalue weighted by molar-refractivity contribution is -0.138. The summed E-state index contributed by atoms with van der Waals surface area (Å²) in [7, 11) is 0. The Hall–Kier alpha value is -3.33. The largest absolute Gasteiger partial charge is 0.481 e. The zero-order valence-electron chi connectivity index (χ0n) is 21.7. The number of fused-ring (bicyclic) bond motifs is 2. The fourth-order valence-corrected chi connectivity index (χ4v) is 5.82. The van der Waals surface area contributed by atoms with Crippen molar-refractivity contribution >= 4 is 34.6 Å². The number of thiophene rings is 1. The maximum Gasteiger partial charge on any atom is 0.303 e. The van der Waals surface area contributed by atoms with E-state index in [-0.39, 0.29) is 12.8 Å². The van der Waals surface area contributed by atoms with Crippen LogP contribution in [-0.2, 0) is 22.4 Å². The second-order valence-corrected chi connectivity index (χ2v) is 11.0. The van der Waals surface area contributed by atoms with Crippen molar-refractivity contribution in [3.63, 3.8) is 0 Å². The lowest BCUT2D eigenvalue weighted by Gasteiger charge is -2.36. The molecule has 200 valence electrons. The first-order valence-electron chi connectivity index (χ1n) is 13.1. The summed E-state index contributed by atoms with van der Waals surface area (Å²) < 4.78 is 0. The number of hydrogen-bond acceptors (Lipinski definition) is 7. The fourth-order valence-electron chi connectivity index (χ4n) is 4.76. The molecule has 0 aliphatic carbocycles. The molecule has 2 aliphatic heterocycles. The number of nitrogens with zero attached hydrogens (tertiary/aromatic N) is 2. The zero-order valence-corrected chi connectivity index (χ0v) is 22.5. The highest BCUT2D eigenvalue weighted by atomic mass is 32.1. The van der Waals surface area contributed by atoms with Crippen LogP contribution in [0.1, 0.15) is 45.7 Å². The minimum atomic E-state index is -1.02. The molecular formula is C30H35N3O4S. The third-order valence-electron chi connectivity index (χ3n) is 6.72. The van der Waals surface area contributed by atoms with E-state index in [4.69, 9.17) is 15.2 Å². The van der Waals surface area contributed by atoms with Gasteiger partial charge >= 0.3 is 5.97 Å². The van der Waals surface area contributed by atoms with Crippen molar-refractivity contribution in [1.82, 2.24) is 10.2 Å². The molecule has 1 fully saturated rings. The van der Waals surface area contributed by atoms with Gasteiger partial charge in [0, 0.05) is 53.8 Å². The highest BCUT2D eigenvalue weighted by Crippen LogP contribution is 2.34. The number of carboxylic acids is 1. The number of carbonyl (C=O) groups excluding carboxylic acids is 1. The van der Waals surface area contributed by atoms with Gasteiger partial charge in [0.1, 0.15) is 12.4 Å². The number of carbonyl (C=O) groups is 2. The van der Waals surface area contributed by atoms with Crippen LogP contribution in [0.4, 0.5) is 5.69 Å². The molecule has 3 aromatic rings. The molecule has 0 spiro atoms. The third-order valence-corrected chi connectivity index (χ3v) is 7.77. The van der Waals surface area contributed by atoms with Gasteiger partial charge in [0.05, 0.1) is 12.1 Å². The molecule has 1 atom stereocenters. The molecule has 8 heteroatoms. The maximum absolute atomic E-state index is 10.2. The first kappa shape index (κ1) is 27.7. The maximum atomic E-state index is 10.2.